The van der Waals surface area contributed by atoms with E-state index >= 15 is 0 Å². The Labute approximate surface area is 170 Å². The molecule has 29 heavy (non-hydrogen) atoms. The van der Waals surface area contributed by atoms with E-state index in [0.29, 0.717) is 22.0 Å². The Morgan fingerprint density at radius 2 is 1.83 bits per heavy atom. The fourth-order valence-corrected chi connectivity index (χ4v) is 4.76. The van der Waals surface area contributed by atoms with E-state index in [1.54, 1.807) is 24.3 Å². The van der Waals surface area contributed by atoms with Crippen molar-refractivity contribution in [3.63, 3.8) is 0 Å². The van der Waals surface area contributed by atoms with E-state index in [9.17, 15) is 23.3 Å². The molecular formula is C18H13ClN4O5S. The number of nitro benzene ring substituents is 1. The maximum absolute atomic E-state index is 12.8. The minimum absolute atomic E-state index is 0.143. The van der Waals surface area contributed by atoms with Crippen molar-refractivity contribution in [3.8, 4) is 5.69 Å². The van der Waals surface area contributed by atoms with Crippen LogP contribution in [0.25, 0.3) is 5.69 Å². The van der Waals surface area contributed by atoms with E-state index in [1.165, 1.54) is 28.9 Å². The van der Waals surface area contributed by atoms with Crippen LogP contribution in [-0.2, 0) is 21.3 Å². The van der Waals surface area contributed by atoms with Crippen molar-refractivity contribution < 1.29 is 18.1 Å². The summed E-state index contributed by atoms with van der Waals surface area (Å²) in [5.41, 5.74) is 0.756. The number of nitro groups is 1. The first kappa shape index (κ1) is 19.1. The summed E-state index contributed by atoms with van der Waals surface area (Å²) in [4.78, 5) is 23.4. The van der Waals surface area contributed by atoms with Crippen molar-refractivity contribution >= 4 is 38.9 Å². The molecular weight excluding hydrogens is 420 g/mol. The summed E-state index contributed by atoms with van der Waals surface area (Å²) < 4.78 is 25.5. The van der Waals surface area contributed by atoms with Crippen LogP contribution in [0.15, 0.2) is 48.5 Å². The van der Waals surface area contributed by atoms with E-state index in [0.717, 1.165) is 0 Å². The van der Waals surface area contributed by atoms with Gasteiger partial charge in [0.15, 0.2) is 9.84 Å². The molecule has 0 atom stereocenters. The van der Waals surface area contributed by atoms with Crippen molar-refractivity contribution in [1.29, 1.82) is 0 Å². The summed E-state index contributed by atoms with van der Waals surface area (Å²) in [6, 6.07) is 12.1. The van der Waals surface area contributed by atoms with Crippen LogP contribution in [0.4, 0.5) is 11.5 Å². The number of carbonyl (C=O) groups is 1. The number of hydrogen-bond acceptors (Lipinski definition) is 6. The predicted molar refractivity (Wildman–Crippen MR) is 106 cm³/mol. The summed E-state index contributed by atoms with van der Waals surface area (Å²) in [5, 5.41) is 18.7. The fraction of sp³-hybridized carbons (Fsp3) is 0.111. The highest BCUT2D eigenvalue weighted by atomic mass is 35.5. The number of benzene rings is 2. The molecule has 0 radical (unpaired) electrons. The predicted octanol–water partition coefficient (Wildman–Crippen LogP) is 3.11. The first-order valence-electron chi connectivity index (χ1n) is 8.37. The van der Waals surface area contributed by atoms with Gasteiger partial charge in [-0.25, -0.2) is 13.1 Å². The van der Waals surface area contributed by atoms with E-state index in [4.69, 9.17) is 11.6 Å². The van der Waals surface area contributed by atoms with Crippen molar-refractivity contribution in [1.82, 2.24) is 9.78 Å². The second-order valence-electron chi connectivity index (χ2n) is 6.42. The zero-order chi connectivity index (χ0) is 20.8. The lowest BCUT2D eigenvalue weighted by Crippen LogP contribution is -2.18. The Bertz CT molecular complexity index is 1250. The highest BCUT2D eigenvalue weighted by Crippen LogP contribution is 2.33. The third-order valence-corrected chi connectivity index (χ3v) is 6.13. The lowest BCUT2D eigenvalue weighted by molar-refractivity contribution is -0.385. The molecule has 0 aliphatic carbocycles. The van der Waals surface area contributed by atoms with Crippen molar-refractivity contribution in [2.24, 2.45) is 0 Å². The summed E-state index contributed by atoms with van der Waals surface area (Å²) in [5.74, 6) is -1.09. The minimum Gasteiger partial charge on any atom is -0.306 e. The third kappa shape index (κ3) is 3.59. The molecule has 1 aromatic heterocycles. The van der Waals surface area contributed by atoms with Crippen molar-refractivity contribution in [2.75, 3.05) is 5.32 Å². The van der Waals surface area contributed by atoms with E-state index in [1.807, 2.05) is 0 Å². The highest BCUT2D eigenvalue weighted by molar-refractivity contribution is 7.90. The zero-order valence-electron chi connectivity index (χ0n) is 14.7. The Morgan fingerprint density at radius 3 is 2.52 bits per heavy atom. The van der Waals surface area contributed by atoms with Crippen molar-refractivity contribution in [2.45, 2.75) is 11.5 Å². The average Bonchev–Trinajstić information content (AvgIpc) is 3.15. The number of para-hydroxylation sites is 1. The molecule has 3 aromatic rings. The molecule has 1 aliphatic heterocycles. The molecule has 1 amide bonds. The van der Waals surface area contributed by atoms with Gasteiger partial charge in [0.05, 0.1) is 27.8 Å². The topological polar surface area (TPSA) is 124 Å². The number of halogens is 1. The molecule has 0 fully saturated rings. The molecule has 2 aromatic carbocycles. The molecule has 148 valence electrons. The van der Waals surface area contributed by atoms with Crippen LogP contribution in [0.3, 0.4) is 0 Å². The van der Waals surface area contributed by atoms with E-state index in [-0.39, 0.29) is 28.6 Å². The van der Waals surface area contributed by atoms with Gasteiger partial charge in [-0.2, -0.15) is 5.10 Å². The van der Waals surface area contributed by atoms with Gasteiger partial charge in [0.2, 0.25) is 0 Å². The molecule has 0 bridgehead atoms. The monoisotopic (exact) mass is 432 g/mol. The normalized spacial score (nSPS) is 14.4. The largest absolute Gasteiger partial charge is 0.306 e. The van der Waals surface area contributed by atoms with Crippen LogP contribution in [0, 0.1) is 10.1 Å². The Hall–Kier alpha value is -3.24. The molecule has 2 heterocycles. The van der Waals surface area contributed by atoms with Crippen LogP contribution >= 0.6 is 11.6 Å². The highest BCUT2D eigenvalue weighted by Gasteiger charge is 2.34. The number of nitrogens with zero attached hydrogens (tertiary/aromatic N) is 3. The van der Waals surface area contributed by atoms with Gasteiger partial charge in [-0.15, -0.1) is 0 Å². The fourth-order valence-electron chi connectivity index (χ4n) is 3.14. The number of rotatable bonds is 4. The molecule has 11 heteroatoms. The summed E-state index contributed by atoms with van der Waals surface area (Å²) >= 11 is 5.92. The van der Waals surface area contributed by atoms with Gasteiger partial charge in [-0.3, -0.25) is 14.9 Å². The Balaban J connectivity index is 1.80. The van der Waals surface area contributed by atoms with Gasteiger partial charge in [-0.05, 0) is 30.3 Å². The average molecular weight is 433 g/mol. The number of amides is 1. The standard InChI is InChI=1S/C18H13ClN4O5S/c19-11-5-7-12(8-6-11)22-17(14-9-29(27,28)10-15(14)21-22)20-18(24)13-3-1-2-4-16(13)23(25)26/h1-8H,9-10H2,(H,20,24). The zero-order valence-corrected chi connectivity index (χ0v) is 16.3. The number of fused-ring (bicyclic) bond motifs is 1. The summed E-state index contributed by atoms with van der Waals surface area (Å²) in [6.45, 7) is 0. The lowest BCUT2D eigenvalue weighted by atomic mass is 10.1. The third-order valence-electron chi connectivity index (χ3n) is 4.44. The Morgan fingerprint density at radius 1 is 1.14 bits per heavy atom. The number of anilines is 1. The van der Waals surface area contributed by atoms with Gasteiger partial charge in [-0.1, -0.05) is 23.7 Å². The van der Waals surface area contributed by atoms with Crippen LogP contribution < -0.4 is 5.32 Å². The quantitative estimate of drug-likeness (QED) is 0.499. The number of sulfone groups is 1. The summed E-state index contributed by atoms with van der Waals surface area (Å²) in [6.07, 6.45) is 0. The number of nitrogens with one attached hydrogen (secondary N) is 1. The molecule has 1 N–H and O–H groups in total. The van der Waals surface area contributed by atoms with Gasteiger partial charge in [0, 0.05) is 16.7 Å². The second-order valence-corrected chi connectivity index (χ2v) is 8.92. The van der Waals surface area contributed by atoms with Crippen LogP contribution in [0.5, 0.6) is 0 Å². The summed E-state index contributed by atoms with van der Waals surface area (Å²) in [7, 11) is -3.37. The SMILES string of the molecule is O=C(Nc1c2c(nn1-c1ccc(Cl)cc1)CS(=O)(=O)C2)c1ccccc1[N+](=O)[O-]. The second kappa shape index (κ2) is 6.98. The number of hydrogen-bond donors (Lipinski definition) is 1. The van der Waals surface area contributed by atoms with Gasteiger partial charge >= 0.3 is 0 Å². The van der Waals surface area contributed by atoms with Crippen LogP contribution in [-0.4, -0.2) is 29.0 Å². The van der Waals surface area contributed by atoms with Gasteiger partial charge in [0.25, 0.3) is 11.6 Å². The first-order chi connectivity index (χ1) is 13.7. The lowest BCUT2D eigenvalue weighted by Gasteiger charge is -2.11. The Kier molecular flexibility index (Phi) is 4.59. The van der Waals surface area contributed by atoms with E-state index < -0.39 is 20.7 Å². The molecule has 0 saturated carbocycles. The first-order valence-corrected chi connectivity index (χ1v) is 10.6. The maximum Gasteiger partial charge on any atom is 0.282 e. The molecule has 0 spiro atoms. The smallest absolute Gasteiger partial charge is 0.282 e. The molecule has 0 unspecified atom stereocenters. The van der Waals surface area contributed by atoms with Crippen LogP contribution in [0.2, 0.25) is 5.02 Å². The van der Waals surface area contributed by atoms with Gasteiger partial charge in [0.1, 0.15) is 11.4 Å². The molecule has 0 saturated heterocycles. The van der Waals surface area contributed by atoms with Crippen LogP contribution in [0.1, 0.15) is 21.6 Å². The van der Waals surface area contributed by atoms with Crippen molar-refractivity contribution in [3.05, 3.63) is 80.5 Å². The number of aromatic nitrogens is 2. The maximum atomic E-state index is 12.8. The molecule has 9 nitrogen and oxygen atoms in total. The molecule has 1 aliphatic rings. The minimum atomic E-state index is -3.37. The van der Waals surface area contributed by atoms with Gasteiger partial charge < -0.3 is 5.32 Å². The van der Waals surface area contributed by atoms with E-state index in [2.05, 4.69) is 10.4 Å². The number of carbonyl (C=O) groups excluding carboxylic acids is 1. The molecule has 4 rings (SSSR count).